The maximum Gasteiger partial charge on any atom is 0.264 e. The summed E-state index contributed by atoms with van der Waals surface area (Å²) in [5.74, 6) is 1.50. The molecule has 9 heteroatoms. The number of anilines is 1. The third-order valence-electron chi connectivity index (χ3n) is 10.6. The fourth-order valence-electron chi connectivity index (χ4n) is 7.58. The number of allylic oxidation sites excluding steroid dienone is 2. The van der Waals surface area contributed by atoms with Crippen molar-refractivity contribution in [2.45, 2.75) is 83.0 Å². The molecule has 0 spiro atoms. The highest BCUT2D eigenvalue weighted by molar-refractivity contribution is 7.90. The molecular formula is C36H47ClN2O5S. The first-order chi connectivity index (χ1) is 21.7. The van der Waals surface area contributed by atoms with E-state index in [1.54, 1.807) is 6.07 Å². The molecule has 7 nitrogen and oxygen atoms in total. The van der Waals surface area contributed by atoms with Crippen molar-refractivity contribution >= 4 is 33.2 Å². The monoisotopic (exact) mass is 654 g/mol. The van der Waals surface area contributed by atoms with Crippen LogP contribution in [0.2, 0.25) is 5.02 Å². The van der Waals surface area contributed by atoms with Crippen molar-refractivity contribution in [1.29, 1.82) is 0 Å². The van der Waals surface area contributed by atoms with Crippen molar-refractivity contribution in [3.63, 3.8) is 0 Å². The molecule has 0 radical (unpaired) electrons. The molecule has 0 unspecified atom stereocenters. The highest BCUT2D eigenvalue weighted by Crippen LogP contribution is 2.44. The number of nitrogens with one attached hydrogen (secondary N) is 1. The van der Waals surface area contributed by atoms with E-state index in [1.165, 1.54) is 5.56 Å². The summed E-state index contributed by atoms with van der Waals surface area (Å²) in [6, 6.07) is 11.3. The maximum atomic E-state index is 13.8. The van der Waals surface area contributed by atoms with Crippen LogP contribution in [0.5, 0.6) is 5.75 Å². The predicted octanol–water partition coefficient (Wildman–Crippen LogP) is 6.91. The van der Waals surface area contributed by atoms with E-state index in [9.17, 15) is 18.3 Å². The molecule has 2 N–H and O–H groups in total. The normalized spacial score (nSPS) is 29.5. The Morgan fingerprint density at radius 1 is 1.07 bits per heavy atom. The lowest BCUT2D eigenvalue weighted by molar-refractivity contribution is 0.0980. The second kappa shape index (κ2) is 14.1. The zero-order chi connectivity index (χ0) is 31.6. The number of carbonyl (C=O) groups is 1. The van der Waals surface area contributed by atoms with Crippen LogP contribution in [0.25, 0.3) is 0 Å². The van der Waals surface area contributed by atoms with E-state index in [2.05, 4.69) is 21.8 Å². The number of halogens is 1. The van der Waals surface area contributed by atoms with Crippen LogP contribution in [0.1, 0.15) is 86.2 Å². The average Bonchev–Trinajstić information content (AvgIpc) is 3.82. The molecule has 0 aromatic heterocycles. The maximum absolute atomic E-state index is 13.8. The van der Waals surface area contributed by atoms with E-state index in [0.29, 0.717) is 54.9 Å². The van der Waals surface area contributed by atoms with Crippen molar-refractivity contribution in [3.8, 4) is 5.75 Å². The summed E-state index contributed by atoms with van der Waals surface area (Å²) in [7, 11) is -3.91. The molecule has 45 heavy (non-hydrogen) atoms. The van der Waals surface area contributed by atoms with Gasteiger partial charge in [-0.15, -0.1) is 0 Å². The number of amides is 1. The summed E-state index contributed by atoms with van der Waals surface area (Å²) in [6.45, 7) is 4.10. The molecule has 244 valence electrons. The molecule has 2 saturated carbocycles. The van der Waals surface area contributed by atoms with Crippen LogP contribution in [0, 0.1) is 29.6 Å². The van der Waals surface area contributed by atoms with Gasteiger partial charge in [-0.05, 0) is 122 Å². The Hall–Kier alpha value is -2.55. The first kappa shape index (κ1) is 32.4. The number of hydrogen-bond acceptors (Lipinski definition) is 6. The Morgan fingerprint density at radius 3 is 2.67 bits per heavy atom. The van der Waals surface area contributed by atoms with Gasteiger partial charge in [0.25, 0.3) is 5.91 Å². The number of rotatable bonds is 4. The van der Waals surface area contributed by atoms with Gasteiger partial charge < -0.3 is 14.7 Å². The second-order valence-electron chi connectivity index (χ2n) is 13.8. The molecule has 2 aromatic rings. The van der Waals surface area contributed by atoms with E-state index in [0.717, 1.165) is 74.3 Å². The number of hydrogen-bond donors (Lipinski definition) is 2. The summed E-state index contributed by atoms with van der Waals surface area (Å²) in [5, 5.41) is 10.0. The van der Waals surface area contributed by atoms with Gasteiger partial charge in [0.15, 0.2) is 0 Å². The molecule has 5 atom stereocenters. The Morgan fingerprint density at radius 2 is 1.91 bits per heavy atom. The first-order valence-electron chi connectivity index (χ1n) is 16.8. The molecule has 1 amide bonds. The first-order valence-corrected chi connectivity index (χ1v) is 18.8. The van der Waals surface area contributed by atoms with E-state index in [-0.39, 0.29) is 18.4 Å². The highest BCUT2D eigenvalue weighted by atomic mass is 35.5. The molecule has 2 bridgehead atoms. The molecule has 4 aliphatic rings. The van der Waals surface area contributed by atoms with Gasteiger partial charge in [0, 0.05) is 30.3 Å². The number of aryl methyl sites for hydroxylation is 1. The van der Waals surface area contributed by atoms with E-state index < -0.39 is 21.2 Å². The van der Waals surface area contributed by atoms with E-state index in [4.69, 9.17) is 16.3 Å². The average molecular weight is 655 g/mol. The lowest BCUT2D eigenvalue weighted by Gasteiger charge is -2.44. The molecular weight excluding hydrogens is 608 g/mol. The minimum Gasteiger partial charge on any atom is -0.487 e. The number of benzene rings is 2. The zero-order valence-electron chi connectivity index (χ0n) is 26.3. The summed E-state index contributed by atoms with van der Waals surface area (Å²) >= 11 is 6.35. The van der Waals surface area contributed by atoms with Gasteiger partial charge in [0.2, 0.25) is 10.0 Å². The predicted molar refractivity (Wildman–Crippen MR) is 179 cm³/mol. The SMILES string of the molecule is C[C@@H]1C/C=C/[C@H](CCO)[C@@H]2CC[C@H]2CN2CCCCc3cc(Cl)ccc3COc3ccc(cc32)C(=O)NS(=O)(=O)[C@@H]1CC1CC1. The summed E-state index contributed by atoms with van der Waals surface area (Å²) in [4.78, 5) is 16.0. The van der Waals surface area contributed by atoms with Gasteiger partial charge in [-0.2, -0.15) is 0 Å². The number of sulfonamides is 1. The van der Waals surface area contributed by atoms with E-state index >= 15 is 0 Å². The van der Waals surface area contributed by atoms with Gasteiger partial charge in [-0.3, -0.25) is 4.79 Å². The highest BCUT2D eigenvalue weighted by Gasteiger charge is 2.39. The largest absolute Gasteiger partial charge is 0.487 e. The Kier molecular flexibility index (Phi) is 10.1. The standard InChI is InChI=1S/C36H47ClN2O5S/c1-24-5-4-7-26(16-18-40)32-14-11-29(32)22-39-17-3-2-6-27-20-31(37)13-10-30(27)23-44-34-15-12-28(21-33(34)39)36(41)38-45(42,43)35(24)19-25-8-9-25/h4,7,10,12-13,15,20-21,24-26,29,32,35,40H,2-3,5-6,8-9,11,14,16-19,22-23H2,1H3,(H,38,41)/b7-4+/t24-,26-,29+,32+,35-/m1/s1. The smallest absolute Gasteiger partial charge is 0.264 e. The number of aliphatic hydroxyl groups is 1. The Balaban J connectivity index is 1.38. The third kappa shape index (κ3) is 7.71. The molecule has 2 aliphatic carbocycles. The van der Waals surface area contributed by atoms with Gasteiger partial charge in [0.05, 0.1) is 10.9 Å². The fourth-order valence-corrected chi connectivity index (χ4v) is 9.55. The minimum absolute atomic E-state index is 0.132. The van der Waals surface area contributed by atoms with Gasteiger partial charge in [-0.1, -0.05) is 49.6 Å². The molecule has 0 saturated heterocycles. The van der Waals surface area contributed by atoms with Gasteiger partial charge in [0.1, 0.15) is 12.4 Å². The van der Waals surface area contributed by atoms with E-state index in [1.807, 2.05) is 37.3 Å². The lowest BCUT2D eigenvalue weighted by Crippen LogP contribution is -2.43. The fraction of sp³-hybridized carbons (Fsp3) is 0.583. The van der Waals surface area contributed by atoms with Crippen LogP contribution in [-0.4, -0.2) is 44.4 Å². The number of aliphatic hydroxyl groups excluding tert-OH is 1. The topological polar surface area (TPSA) is 95.9 Å². The molecule has 6 rings (SSSR count). The molecule has 2 fully saturated rings. The quantitative estimate of drug-likeness (QED) is 0.348. The van der Waals surface area contributed by atoms with Crippen LogP contribution in [0.4, 0.5) is 5.69 Å². The Bertz CT molecular complexity index is 1510. The van der Waals surface area contributed by atoms with Crippen molar-refractivity contribution in [2.24, 2.45) is 29.6 Å². The van der Waals surface area contributed by atoms with Crippen LogP contribution in [-0.2, 0) is 23.1 Å². The van der Waals surface area contributed by atoms with Crippen molar-refractivity contribution < 1.29 is 23.1 Å². The van der Waals surface area contributed by atoms with Crippen molar-refractivity contribution in [2.75, 3.05) is 24.6 Å². The van der Waals surface area contributed by atoms with Crippen LogP contribution >= 0.6 is 11.6 Å². The van der Waals surface area contributed by atoms with Gasteiger partial charge >= 0.3 is 0 Å². The van der Waals surface area contributed by atoms with Crippen LogP contribution in [0.3, 0.4) is 0 Å². The third-order valence-corrected chi connectivity index (χ3v) is 12.8. The summed E-state index contributed by atoms with van der Waals surface area (Å²) in [5.41, 5.74) is 3.43. The molecule has 2 aromatic carbocycles. The molecule has 2 heterocycles. The Labute approximate surface area is 273 Å². The summed E-state index contributed by atoms with van der Waals surface area (Å²) in [6.07, 6.45) is 13.4. The van der Waals surface area contributed by atoms with Crippen molar-refractivity contribution in [1.82, 2.24) is 4.72 Å². The summed E-state index contributed by atoms with van der Waals surface area (Å²) < 4.78 is 36.5. The van der Waals surface area contributed by atoms with Gasteiger partial charge in [-0.25, -0.2) is 13.1 Å². The number of carbonyl (C=O) groups excluding carboxylic acids is 1. The van der Waals surface area contributed by atoms with Crippen LogP contribution < -0.4 is 14.4 Å². The molecule has 2 aliphatic heterocycles. The number of fused-ring (bicyclic) bond motifs is 3. The number of nitrogens with zero attached hydrogens (tertiary/aromatic N) is 1. The lowest BCUT2D eigenvalue weighted by atomic mass is 9.65. The minimum atomic E-state index is -3.91. The van der Waals surface area contributed by atoms with Crippen LogP contribution in [0.15, 0.2) is 48.6 Å². The zero-order valence-corrected chi connectivity index (χ0v) is 27.9. The second-order valence-corrected chi connectivity index (χ2v) is 16.1. The number of ether oxygens (including phenoxy) is 1. The van der Waals surface area contributed by atoms with Crippen molar-refractivity contribution in [3.05, 3.63) is 70.3 Å².